The number of carbonyl (C=O) groups is 3. The van der Waals surface area contributed by atoms with Crippen molar-refractivity contribution in [3.8, 4) is 0 Å². The van der Waals surface area contributed by atoms with E-state index in [2.05, 4.69) is 22.4 Å². The molecule has 0 spiro atoms. The molecule has 0 radical (unpaired) electrons. The number of aromatic nitrogens is 1. The highest BCUT2D eigenvalue weighted by atomic mass is 16.5. The van der Waals surface area contributed by atoms with Crippen molar-refractivity contribution in [1.82, 2.24) is 15.2 Å². The molecule has 1 aromatic carbocycles. The van der Waals surface area contributed by atoms with Crippen LogP contribution in [0.2, 0.25) is 0 Å². The van der Waals surface area contributed by atoms with Crippen LogP contribution in [0.4, 0.5) is 0 Å². The van der Waals surface area contributed by atoms with Crippen molar-refractivity contribution in [3.63, 3.8) is 0 Å². The summed E-state index contributed by atoms with van der Waals surface area (Å²) >= 11 is 0. The maximum atomic E-state index is 13.1. The Hall–Kier alpha value is -3.09. The monoisotopic (exact) mass is 425 g/mol. The van der Waals surface area contributed by atoms with Crippen LogP contribution in [0, 0.1) is 19.8 Å². The first kappa shape index (κ1) is 22.6. The van der Waals surface area contributed by atoms with Crippen LogP contribution < -0.4 is 5.32 Å². The zero-order valence-electron chi connectivity index (χ0n) is 18.5. The van der Waals surface area contributed by atoms with Crippen molar-refractivity contribution in [2.45, 2.75) is 39.5 Å². The van der Waals surface area contributed by atoms with E-state index in [0.717, 1.165) is 25.7 Å². The number of esters is 1. The average molecular weight is 426 g/mol. The van der Waals surface area contributed by atoms with Gasteiger partial charge in [0.05, 0.1) is 18.6 Å². The number of methoxy groups -OCH3 is 1. The summed E-state index contributed by atoms with van der Waals surface area (Å²) in [6.07, 6.45) is 3.34. The molecule has 1 saturated heterocycles. The van der Waals surface area contributed by atoms with Gasteiger partial charge in [0, 0.05) is 25.3 Å². The molecule has 3 rings (SSSR count). The first-order chi connectivity index (χ1) is 14.9. The molecule has 0 bridgehead atoms. The summed E-state index contributed by atoms with van der Waals surface area (Å²) in [6, 6.07) is 10.2. The smallest absolute Gasteiger partial charge is 0.339 e. The molecule has 2 heterocycles. The van der Waals surface area contributed by atoms with Crippen molar-refractivity contribution < 1.29 is 19.1 Å². The Balaban J connectivity index is 1.55. The first-order valence-corrected chi connectivity index (χ1v) is 10.8. The lowest BCUT2D eigenvalue weighted by Crippen LogP contribution is -2.45. The van der Waals surface area contributed by atoms with E-state index in [9.17, 15) is 14.4 Å². The second kappa shape index (κ2) is 10.3. The molecule has 2 aromatic rings. The summed E-state index contributed by atoms with van der Waals surface area (Å²) in [7, 11) is 1.32. The summed E-state index contributed by atoms with van der Waals surface area (Å²) in [4.78, 5) is 42.5. The molecule has 0 saturated carbocycles. The third-order valence-corrected chi connectivity index (χ3v) is 5.90. The predicted molar refractivity (Wildman–Crippen MR) is 118 cm³/mol. The number of amides is 2. The third-order valence-electron chi connectivity index (χ3n) is 5.90. The number of benzene rings is 1. The predicted octanol–water partition coefficient (Wildman–Crippen LogP) is 3.02. The lowest BCUT2D eigenvalue weighted by Gasteiger charge is -2.32. The maximum Gasteiger partial charge on any atom is 0.339 e. The Labute approximate surface area is 183 Å². The molecule has 0 unspecified atom stereocenters. The van der Waals surface area contributed by atoms with Crippen LogP contribution in [0.25, 0.3) is 0 Å². The summed E-state index contributed by atoms with van der Waals surface area (Å²) in [6.45, 7) is 5.09. The number of hydrogen-bond acceptors (Lipinski definition) is 4. The molecule has 7 heteroatoms. The van der Waals surface area contributed by atoms with Gasteiger partial charge >= 0.3 is 5.97 Å². The van der Waals surface area contributed by atoms with Gasteiger partial charge in [0.2, 0.25) is 5.91 Å². The van der Waals surface area contributed by atoms with Gasteiger partial charge in [-0.25, -0.2) is 4.79 Å². The summed E-state index contributed by atoms with van der Waals surface area (Å²) in [5.74, 6) is -0.861. The lowest BCUT2D eigenvalue weighted by atomic mass is 9.96. The zero-order chi connectivity index (χ0) is 22.4. The molecule has 1 aromatic heterocycles. The molecule has 1 fully saturated rings. The zero-order valence-corrected chi connectivity index (χ0v) is 18.5. The molecule has 1 atom stereocenters. The van der Waals surface area contributed by atoms with Crippen molar-refractivity contribution in [2.24, 2.45) is 5.92 Å². The van der Waals surface area contributed by atoms with E-state index in [1.807, 2.05) is 18.2 Å². The van der Waals surface area contributed by atoms with Crippen LogP contribution in [0.1, 0.15) is 56.9 Å². The normalized spacial score (nSPS) is 16.1. The van der Waals surface area contributed by atoms with E-state index in [0.29, 0.717) is 42.1 Å². The number of likely N-dealkylation sites (tertiary alicyclic amines) is 1. The highest BCUT2D eigenvalue weighted by Gasteiger charge is 2.31. The maximum absolute atomic E-state index is 13.1. The minimum atomic E-state index is -0.461. The second-order valence-corrected chi connectivity index (χ2v) is 8.09. The summed E-state index contributed by atoms with van der Waals surface area (Å²) in [5.41, 5.74) is 3.24. The largest absolute Gasteiger partial charge is 0.465 e. The molecular weight excluding hydrogens is 394 g/mol. The van der Waals surface area contributed by atoms with Crippen molar-refractivity contribution in [3.05, 3.63) is 58.4 Å². The SMILES string of the molecule is COC(=O)c1c(C)[nH]c(C(=O)N2CCC[C@@H](C(=O)NCCCc3ccccc3)C2)c1C. The van der Waals surface area contributed by atoms with Crippen LogP contribution in [0.3, 0.4) is 0 Å². The van der Waals surface area contributed by atoms with Crippen molar-refractivity contribution in [1.29, 1.82) is 0 Å². The third kappa shape index (κ3) is 5.34. The number of piperidine rings is 1. The van der Waals surface area contributed by atoms with Crippen LogP contribution in [-0.4, -0.2) is 54.4 Å². The van der Waals surface area contributed by atoms with Gasteiger partial charge in [0.25, 0.3) is 5.91 Å². The van der Waals surface area contributed by atoms with Gasteiger partial charge in [-0.15, -0.1) is 0 Å². The Bertz CT molecular complexity index is 936. The van der Waals surface area contributed by atoms with Gasteiger partial charge in [-0.1, -0.05) is 30.3 Å². The van der Waals surface area contributed by atoms with Gasteiger partial charge in [0.1, 0.15) is 5.69 Å². The van der Waals surface area contributed by atoms with E-state index in [1.165, 1.54) is 12.7 Å². The number of H-pyrrole nitrogens is 1. The number of aromatic amines is 1. The molecule has 1 aliphatic rings. The van der Waals surface area contributed by atoms with Gasteiger partial charge in [-0.3, -0.25) is 9.59 Å². The van der Waals surface area contributed by atoms with E-state index >= 15 is 0 Å². The fourth-order valence-electron chi connectivity index (χ4n) is 4.20. The topological polar surface area (TPSA) is 91.5 Å². The molecule has 2 amide bonds. The minimum Gasteiger partial charge on any atom is -0.465 e. The van der Waals surface area contributed by atoms with Crippen LogP contribution in [-0.2, 0) is 16.0 Å². The molecule has 31 heavy (non-hydrogen) atoms. The molecule has 1 aliphatic heterocycles. The number of carbonyl (C=O) groups excluding carboxylic acids is 3. The van der Waals surface area contributed by atoms with Gasteiger partial charge in [0.15, 0.2) is 0 Å². The molecule has 2 N–H and O–H groups in total. The number of hydrogen-bond donors (Lipinski definition) is 2. The highest BCUT2D eigenvalue weighted by molar-refractivity contribution is 6.00. The Morgan fingerprint density at radius 3 is 2.65 bits per heavy atom. The Morgan fingerprint density at radius 2 is 1.94 bits per heavy atom. The van der Waals surface area contributed by atoms with Gasteiger partial charge < -0.3 is 19.9 Å². The van der Waals surface area contributed by atoms with E-state index in [-0.39, 0.29) is 17.7 Å². The molecular formula is C24H31N3O4. The van der Waals surface area contributed by atoms with E-state index in [4.69, 9.17) is 4.74 Å². The van der Waals surface area contributed by atoms with Gasteiger partial charge in [-0.2, -0.15) is 0 Å². The van der Waals surface area contributed by atoms with Gasteiger partial charge in [-0.05, 0) is 50.7 Å². The quantitative estimate of drug-likeness (QED) is 0.527. The molecule has 7 nitrogen and oxygen atoms in total. The van der Waals surface area contributed by atoms with E-state index in [1.54, 1.807) is 18.7 Å². The number of ether oxygens (including phenoxy) is 1. The Morgan fingerprint density at radius 1 is 1.19 bits per heavy atom. The highest BCUT2D eigenvalue weighted by Crippen LogP contribution is 2.23. The summed E-state index contributed by atoms with van der Waals surface area (Å²) < 4.78 is 4.82. The standard InChI is InChI=1S/C24H31N3O4/c1-16-20(24(30)31-3)17(2)26-21(16)23(29)27-14-8-12-19(15-27)22(28)25-13-7-11-18-9-5-4-6-10-18/h4-6,9-10,19,26H,7-8,11-15H2,1-3H3,(H,25,28)/t19-/m1/s1. The number of rotatable bonds is 7. The fourth-order valence-corrected chi connectivity index (χ4v) is 4.20. The number of nitrogens with zero attached hydrogens (tertiary/aromatic N) is 1. The van der Waals surface area contributed by atoms with Crippen LogP contribution >= 0.6 is 0 Å². The van der Waals surface area contributed by atoms with Crippen molar-refractivity contribution >= 4 is 17.8 Å². The van der Waals surface area contributed by atoms with Crippen LogP contribution in [0.15, 0.2) is 30.3 Å². The molecule has 166 valence electrons. The molecule has 0 aliphatic carbocycles. The lowest BCUT2D eigenvalue weighted by molar-refractivity contribution is -0.126. The number of nitrogens with one attached hydrogen (secondary N) is 2. The Kier molecular flexibility index (Phi) is 7.50. The van der Waals surface area contributed by atoms with Crippen LogP contribution in [0.5, 0.6) is 0 Å². The number of aryl methyl sites for hydroxylation is 2. The minimum absolute atomic E-state index is 0.000185. The second-order valence-electron chi connectivity index (χ2n) is 8.09. The van der Waals surface area contributed by atoms with Crippen molar-refractivity contribution in [2.75, 3.05) is 26.7 Å². The first-order valence-electron chi connectivity index (χ1n) is 10.8. The fraction of sp³-hybridized carbons (Fsp3) is 0.458. The summed E-state index contributed by atoms with van der Waals surface area (Å²) in [5, 5.41) is 3.02. The average Bonchev–Trinajstić information content (AvgIpc) is 3.10. The van der Waals surface area contributed by atoms with E-state index < -0.39 is 5.97 Å².